The number of hydrogen-bond donors (Lipinski definition) is 4. The standard InChI is InChI=1S/C24H31BrN6O2S/c25-20-6-2-4-8-22(20)34(32,33)29-16-18-11-9-17(10-12-18)15-28-24-30-21-7-3-1-5-19(21)23(31-24)27-14-13-26/h1-8,17-18,29H,9-16,26H2,(H2,27,28,30,31)/t17-,18-. The molecule has 5 N–H and O–H groups in total. The van der Waals surface area contributed by atoms with Gasteiger partial charge >= 0.3 is 0 Å². The molecule has 0 saturated heterocycles. The normalized spacial score (nSPS) is 18.6. The third-order valence-electron chi connectivity index (χ3n) is 6.24. The number of hydrogen-bond acceptors (Lipinski definition) is 7. The SMILES string of the molecule is NCCNc1nc(NC[C@H]2CC[C@H](CNS(=O)(=O)c3ccccc3Br)CC2)nc2ccccc12. The zero-order valence-corrected chi connectivity index (χ0v) is 21.4. The highest BCUT2D eigenvalue weighted by Crippen LogP contribution is 2.30. The molecule has 182 valence electrons. The highest BCUT2D eigenvalue weighted by molar-refractivity contribution is 9.10. The first kappa shape index (κ1) is 24.8. The van der Waals surface area contributed by atoms with Crippen LogP contribution in [0.4, 0.5) is 11.8 Å². The van der Waals surface area contributed by atoms with Gasteiger partial charge in [-0.2, -0.15) is 4.98 Å². The number of nitrogens with zero attached hydrogens (tertiary/aromatic N) is 2. The number of aromatic nitrogens is 2. The first-order valence-electron chi connectivity index (χ1n) is 11.6. The van der Waals surface area contributed by atoms with E-state index in [1.807, 2.05) is 24.3 Å². The molecule has 3 aromatic rings. The van der Waals surface area contributed by atoms with Gasteiger partial charge in [-0.3, -0.25) is 0 Å². The summed E-state index contributed by atoms with van der Waals surface area (Å²) in [5.74, 6) is 2.25. The van der Waals surface area contributed by atoms with Crippen LogP contribution < -0.4 is 21.1 Å². The van der Waals surface area contributed by atoms with Crippen molar-refractivity contribution >= 4 is 48.6 Å². The fourth-order valence-corrected chi connectivity index (χ4v) is 6.44. The molecule has 1 aliphatic carbocycles. The molecule has 0 unspecified atom stereocenters. The maximum absolute atomic E-state index is 12.6. The highest BCUT2D eigenvalue weighted by atomic mass is 79.9. The van der Waals surface area contributed by atoms with E-state index in [2.05, 4.69) is 41.3 Å². The average Bonchev–Trinajstić information content (AvgIpc) is 2.85. The smallest absolute Gasteiger partial charge is 0.241 e. The molecule has 1 aromatic heterocycles. The van der Waals surface area contributed by atoms with Gasteiger partial charge in [0.1, 0.15) is 5.82 Å². The molecular formula is C24H31BrN6O2S. The second-order valence-corrected chi connectivity index (χ2v) is 11.3. The van der Waals surface area contributed by atoms with Gasteiger partial charge in [-0.25, -0.2) is 18.1 Å². The van der Waals surface area contributed by atoms with E-state index in [0.717, 1.165) is 48.9 Å². The minimum absolute atomic E-state index is 0.281. The summed E-state index contributed by atoms with van der Waals surface area (Å²) in [6.45, 7) is 2.44. The predicted octanol–water partition coefficient (Wildman–Crippen LogP) is 3.96. The van der Waals surface area contributed by atoms with Gasteiger partial charge in [-0.15, -0.1) is 0 Å². The number of anilines is 2. The highest BCUT2D eigenvalue weighted by Gasteiger charge is 2.24. The van der Waals surface area contributed by atoms with Gasteiger partial charge in [0, 0.05) is 36.0 Å². The minimum atomic E-state index is -3.52. The van der Waals surface area contributed by atoms with Crippen molar-refractivity contribution in [2.24, 2.45) is 17.6 Å². The van der Waals surface area contributed by atoms with Crippen molar-refractivity contribution in [3.05, 3.63) is 53.0 Å². The second kappa shape index (κ2) is 11.4. The first-order valence-corrected chi connectivity index (χ1v) is 13.9. The van der Waals surface area contributed by atoms with Crippen molar-refractivity contribution < 1.29 is 8.42 Å². The maximum atomic E-state index is 12.6. The van der Waals surface area contributed by atoms with Gasteiger partial charge in [0.15, 0.2) is 0 Å². The van der Waals surface area contributed by atoms with Gasteiger partial charge < -0.3 is 16.4 Å². The van der Waals surface area contributed by atoms with Crippen LogP contribution in [0.5, 0.6) is 0 Å². The summed E-state index contributed by atoms with van der Waals surface area (Å²) >= 11 is 3.33. The van der Waals surface area contributed by atoms with E-state index in [0.29, 0.717) is 41.9 Å². The van der Waals surface area contributed by atoms with Gasteiger partial charge in [0.25, 0.3) is 0 Å². The van der Waals surface area contributed by atoms with Crippen LogP contribution in [0.2, 0.25) is 0 Å². The lowest BCUT2D eigenvalue weighted by Crippen LogP contribution is -2.32. The molecule has 1 saturated carbocycles. The van der Waals surface area contributed by atoms with Crippen molar-refractivity contribution in [2.45, 2.75) is 30.6 Å². The molecule has 1 aliphatic rings. The molecule has 1 heterocycles. The van der Waals surface area contributed by atoms with Crippen LogP contribution in [0.3, 0.4) is 0 Å². The van der Waals surface area contributed by atoms with Crippen LogP contribution >= 0.6 is 15.9 Å². The fraction of sp³-hybridized carbons (Fsp3) is 0.417. The Morgan fingerprint density at radius 2 is 1.59 bits per heavy atom. The molecule has 34 heavy (non-hydrogen) atoms. The predicted molar refractivity (Wildman–Crippen MR) is 140 cm³/mol. The summed E-state index contributed by atoms with van der Waals surface area (Å²) in [4.78, 5) is 9.60. The van der Waals surface area contributed by atoms with Gasteiger partial charge in [-0.1, -0.05) is 24.3 Å². The molecule has 0 atom stereocenters. The molecular weight excluding hydrogens is 516 g/mol. The number of nitrogens with two attached hydrogens (primary N) is 1. The molecule has 4 rings (SSSR count). The van der Waals surface area contributed by atoms with Crippen LogP contribution in [-0.2, 0) is 10.0 Å². The Morgan fingerprint density at radius 3 is 2.32 bits per heavy atom. The molecule has 0 radical (unpaired) electrons. The third kappa shape index (κ3) is 6.24. The quantitative estimate of drug-likeness (QED) is 0.303. The number of sulfonamides is 1. The van der Waals surface area contributed by atoms with Crippen molar-refractivity contribution in [1.82, 2.24) is 14.7 Å². The lowest BCUT2D eigenvalue weighted by molar-refractivity contribution is 0.284. The number of halogens is 1. The van der Waals surface area contributed by atoms with Crippen LogP contribution in [0.15, 0.2) is 57.9 Å². The van der Waals surface area contributed by atoms with E-state index < -0.39 is 10.0 Å². The molecule has 1 fully saturated rings. The van der Waals surface area contributed by atoms with Gasteiger partial charge in [0.05, 0.1) is 10.4 Å². The Hall–Kier alpha value is -2.27. The second-order valence-electron chi connectivity index (χ2n) is 8.68. The number of fused-ring (bicyclic) bond motifs is 1. The van der Waals surface area contributed by atoms with Crippen LogP contribution in [-0.4, -0.2) is 44.6 Å². The van der Waals surface area contributed by atoms with Crippen LogP contribution in [0.25, 0.3) is 10.9 Å². The molecule has 0 amide bonds. The topological polar surface area (TPSA) is 122 Å². The summed E-state index contributed by atoms with van der Waals surface area (Å²) in [5.41, 5.74) is 6.54. The summed E-state index contributed by atoms with van der Waals surface area (Å²) in [5, 5.41) is 7.68. The summed E-state index contributed by atoms with van der Waals surface area (Å²) in [6, 6.07) is 14.8. The minimum Gasteiger partial charge on any atom is -0.368 e. The van der Waals surface area contributed by atoms with Gasteiger partial charge in [-0.05, 0) is 77.7 Å². The summed E-state index contributed by atoms with van der Waals surface area (Å²) in [7, 11) is -3.52. The van der Waals surface area contributed by atoms with Crippen LogP contribution in [0, 0.1) is 11.8 Å². The molecule has 8 nitrogen and oxygen atoms in total. The molecule has 0 aliphatic heterocycles. The van der Waals surface area contributed by atoms with Crippen LogP contribution in [0.1, 0.15) is 25.7 Å². The molecule has 0 spiro atoms. The van der Waals surface area contributed by atoms with E-state index in [1.54, 1.807) is 24.3 Å². The Bertz CT molecular complexity index is 1220. The van der Waals surface area contributed by atoms with E-state index in [-0.39, 0.29) is 4.90 Å². The number of nitrogens with one attached hydrogen (secondary N) is 3. The van der Waals surface area contributed by atoms with E-state index >= 15 is 0 Å². The number of para-hydroxylation sites is 1. The third-order valence-corrected chi connectivity index (χ3v) is 8.68. The van der Waals surface area contributed by atoms with Crippen molar-refractivity contribution in [3.8, 4) is 0 Å². The van der Waals surface area contributed by atoms with E-state index in [9.17, 15) is 8.42 Å². The molecule has 0 bridgehead atoms. The van der Waals surface area contributed by atoms with Gasteiger partial charge in [0.2, 0.25) is 16.0 Å². The largest absolute Gasteiger partial charge is 0.368 e. The van der Waals surface area contributed by atoms with E-state index in [1.165, 1.54) is 0 Å². The zero-order chi connectivity index (χ0) is 24.0. The lowest BCUT2D eigenvalue weighted by atomic mass is 9.82. The molecule has 10 heteroatoms. The Labute approximate surface area is 209 Å². The Kier molecular flexibility index (Phi) is 8.36. The van der Waals surface area contributed by atoms with Crippen molar-refractivity contribution in [3.63, 3.8) is 0 Å². The molecule has 2 aromatic carbocycles. The first-order chi connectivity index (χ1) is 16.5. The Morgan fingerprint density at radius 1 is 0.912 bits per heavy atom. The number of rotatable bonds is 10. The Balaban J connectivity index is 1.28. The van der Waals surface area contributed by atoms with Crippen molar-refractivity contribution in [1.29, 1.82) is 0 Å². The van der Waals surface area contributed by atoms with E-state index in [4.69, 9.17) is 5.73 Å². The summed E-state index contributed by atoms with van der Waals surface area (Å²) in [6.07, 6.45) is 4.07. The maximum Gasteiger partial charge on any atom is 0.241 e. The summed E-state index contributed by atoms with van der Waals surface area (Å²) < 4.78 is 28.6. The number of benzene rings is 2. The fourth-order valence-electron chi connectivity index (χ4n) is 4.32. The van der Waals surface area contributed by atoms with Crippen molar-refractivity contribution in [2.75, 3.05) is 36.8 Å². The lowest BCUT2D eigenvalue weighted by Gasteiger charge is -2.28. The monoisotopic (exact) mass is 546 g/mol. The zero-order valence-electron chi connectivity index (χ0n) is 19.0. The average molecular weight is 548 g/mol.